The molecule has 1 aliphatic rings. The minimum Gasteiger partial charge on any atom is -0.492 e. The number of likely N-dealkylation sites (N-methyl/N-ethyl adjacent to an activating group) is 1. The zero-order chi connectivity index (χ0) is 19.8. The quantitative estimate of drug-likeness (QED) is 0.730. The summed E-state index contributed by atoms with van der Waals surface area (Å²) in [6.45, 7) is 3.63. The fourth-order valence-corrected chi connectivity index (χ4v) is 3.47. The van der Waals surface area contributed by atoms with Crippen LogP contribution < -0.4 is 10.1 Å². The van der Waals surface area contributed by atoms with E-state index in [1.54, 1.807) is 24.3 Å². The Morgan fingerprint density at radius 3 is 2.79 bits per heavy atom. The molecule has 6 heteroatoms. The Kier molecular flexibility index (Phi) is 7.71. The van der Waals surface area contributed by atoms with Crippen LogP contribution in [0.4, 0.5) is 0 Å². The van der Waals surface area contributed by atoms with Gasteiger partial charge in [0, 0.05) is 42.9 Å². The number of ether oxygens (including phenoxy) is 2. The number of hydrogen-bond acceptors (Lipinski definition) is 4. The average molecular weight is 403 g/mol. The second-order valence-electron chi connectivity index (χ2n) is 7.01. The van der Waals surface area contributed by atoms with Gasteiger partial charge in [-0.25, -0.2) is 0 Å². The molecule has 0 bridgehead atoms. The molecule has 5 nitrogen and oxygen atoms in total. The summed E-state index contributed by atoms with van der Waals surface area (Å²) >= 11 is 5.94. The number of carbonyl (C=O) groups excluding carboxylic acids is 1. The largest absolute Gasteiger partial charge is 0.492 e. The highest BCUT2D eigenvalue weighted by Gasteiger charge is 2.18. The number of nitrogens with zero attached hydrogens (tertiary/aromatic N) is 1. The van der Waals surface area contributed by atoms with Crippen LogP contribution in [0.5, 0.6) is 5.75 Å². The third-order valence-electron chi connectivity index (χ3n) is 4.97. The second-order valence-corrected chi connectivity index (χ2v) is 7.45. The number of rotatable bonds is 8. The van der Waals surface area contributed by atoms with Crippen LogP contribution in [0.1, 0.15) is 28.8 Å². The van der Waals surface area contributed by atoms with Crippen molar-refractivity contribution in [3.8, 4) is 5.75 Å². The van der Waals surface area contributed by atoms with Gasteiger partial charge in [-0.15, -0.1) is 0 Å². The number of hydrogen-bond donors (Lipinski definition) is 1. The van der Waals surface area contributed by atoms with E-state index >= 15 is 0 Å². The summed E-state index contributed by atoms with van der Waals surface area (Å²) in [4.78, 5) is 14.6. The summed E-state index contributed by atoms with van der Waals surface area (Å²) in [6.07, 6.45) is 2.16. The molecule has 1 aliphatic heterocycles. The van der Waals surface area contributed by atoms with Gasteiger partial charge in [-0.05, 0) is 55.8 Å². The summed E-state index contributed by atoms with van der Waals surface area (Å²) in [7, 11) is 2.14. The molecule has 1 N–H and O–H groups in total. The van der Waals surface area contributed by atoms with Gasteiger partial charge in [0.1, 0.15) is 12.4 Å². The highest BCUT2D eigenvalue weighted by atomic mass is 35.5. The number of nitrogens with one attached hydrogen (secondary N) is 1. The molecule has 1 amide bonds. The van der Waals surface area contributed by atoms with Gasteiger partial charge in [-0.3, -0.25) is 9.69 Å². The molecule has 0 saturated carbocycles. The molecule has 2 aromatic rings. The predicted octanol–water partition coefficient (Wildman–Crippen LogP) is 3.76. The lowest BCUT2D eigenvalue weighted by Gasteiger charge is -2.31. The first kappa shape index (κ1) is 20.6. The highest BCUT2D eigenvalue weighted by Crippen LogP contribution is 2.16. The van der Waals surface area contributed by atoms with E-state index in [9.17, 15) is 4.79 Å². The summed E-state index contributed by atoms with van der Waals surface area (Å²) in [5, 5.41) is 3.46. The molecule has 0 spiro atoms. The van der Waals surface area contributed by atoms with Crippen molar-refractivity contribution in [1.82, 2.24) is 10.2 Å². The van der Waals surface area contributed by atoms with Crippen LogP contribution in [0.15, 0.2) is 48.5 Å². The Bertz CT molecular complexity index is 778. The normalized spacial score (nSPS) is 14.8. The summed E-state index contributed by atoms with van der Waals surface area (Å²) in [5.41, 5.74) is 1.54. The van der Waals surface area contributed by atoms with Crippen molar-refractivity contribution in [2.75, 3.05) is 33.4 Å². The van der Waals surface area contributed by atoms with Gasteiger partial charge in [-0.1, -0.05) is 29.8 Å². The molecule has 2 aromatic carbocycles. The molecule has 0 aromatic heterocycles. The molecule has 1 saturated heterocycles. The van der Waals surface area contributed by atoms with Crippen molar-refractivity contribution < 1.29 is 14.3 Å². The van der Waals surface area contributed by atoms with E-state index in [0.29, 0.717) is 29.8 Å². The molecule has 0 unspecified atom stereocenters. The van der Waals surface area contributed by atoms with Crippen LogP contribution in [0.25, 0.3) is 0 Å². The highest BCUT2D eigenvalue weighted by molar-refractivity contribution is 6.30. The average Bonchev–Trinajstić information content (AvgIpc) is 2.73. The van der Waals surface area contributed by atoms with E-state index in [1.165, 1.54) is 0 Å². The van der Waals surface area contributed by atoms with E-state index in [1.807, 2.05) is 24.3 Å². The van der Waals surface area contributed by atoms with Crippen LogP contribution >= 0.6 is 11.6 Å². The van der Waals surface area contributed by atoms with Crippen molar-refractivity contribution in [1.29, 1.82) is 0 Å². The van der Waals surface area contributed by atoms with Gasteiger partial charge in [0.25, 0.3) is 5.91 Å². The van der Waals surface area contributed by atoms with Crippen molar-refractivity contribution in [2.24, 2.45) is 0 Å². The fourth-order valence-electron chi connectivity index (χ4n) is 3.28. The molecule has 3 rings (SSSR count). The van der Waals surface area contributed by atoms with E-state index in [4.69, 9.17) is 21.1 Å². The van der Waals surface area contributed by atoms with Gasteiger partial charge in [0.05, 0.1) is 0 Å². The molecule has 1 heterocycles. The molecule has 28 heavy (non-hydrogen) atoms. The van der Waals surface area contributed by atoms with Gasteiger partial charge in [0.15, 0.2) is 0 Å². The lowest BCUT2D eigenvalue weighted by molar-refractivity contribution is 0.0392. The maximum atomic E-state index is 12.2. The maximum absolute atomic E-state index is 12.2. The minimum absolute atomic E-state index is 0.146. The van der Waals surface area contributed by atoms with Crippen molar-refractivity contribution >= 4 is 17.5 Å². The van der Waals surface area contributed by atoms with Crippen molar-refractivity contribution in [2.45, 2.75) is 25.4 Å². The van der Waals surface area contributed by atoms with Crippen LogP contribution in [0.2, 0.25) is 5.02 Å². The Balaban J connectivity index is 1.45. The first-order valence-electron chi connectivity index (χ1n) is 9.65. The van der Waals surface area contributed by atoms with Gasteiger partial charge in [0.2, 0.25) is 0 Å². The molecular weight excluding hydrogens is 376 g/mol. The summed E-state index contributed by atoms with van der Waals surface area (Å²) in [5.74, 6) is 0.668. The SMILES string of the molecule is CN(CCOc1cccc(CNC(=O)c2cccc(Cl)c2)c1)C1CCOCC1. The monoisotopic (exact) mass is 402 g/mol. The first-order valence-corrected chi connectivity index (χ1v) is 10.0. The Hall–Kier alpha value is -2.08. The minimum atomic E-state index is -0.146. The Morgan fingerprint density at radius 2 is 2.00 bits per heavy atom. The van der Waals surface area contributed by atoms with E-state index < -0.39 is 0 Å². The van der Waals surface area contributed by atoms with Gasteiger partial charge in [-0.2, -0.15) is 0 Å². The van der Waals surface area contributed by atoms with Crippen LogP contribution in [0, 0.1) is 0 Å². The Morgan fingerprint density at radius 1 is 1.21 bits per heavy atom. The second kappa shape index (κ2) is 10.5. The molecule has 1 fully saturated rings. The first-order chi connectivity index (χ1) is 13.6. The zero-order valence-electron chi connectivity index (χ0n) is 16.2. The molecule has 0 atom stereocenters. The smallest absolute Gasteiger partial charge is 0.251 e. The fraction of sp³-hybridized carbons (Fsp3) is 0.409. The predicted molar refractivity (Wildman–Crippen MR) is 111 cm³/mol. The van der Waals surface area contributed by atoms with E-state index in [-0.39, 0.29) is 5.91 Å². The third-order valence-corrected chi connectivity index (χ3v) is 5.20. The number of amides is 1. The van der Waals surface area contributed by atoms with E-state index in [2.05, 4.69) is 17.3 Å². The lowest BCUT2D eigenvalue weighted by Crippen LogP contribution is -2.38. The molecule has 150 valence electrons. The van der Waals surface area contributed by atoms with Crippen molar-refractivity contribution in [3.63, 3.8) is 0 Å². The molecular formula is C22H27ClN2O3. The number of carbonyl (C=O) groups is 1. The standard InChI is InChI=1S/C22H27ClN2O3/c1-25(20-8-11-27-12-9-20)10-13-28-21-7-2-4-17(14-21)16-24-22(26)18-5-3-6-19(23)15-18/h2-7,14-15,20H,8-13,16H2,1H3,(H,24,26). The van der Waals surface area contributed by atoms with E-state index in [0.717, 1.165) is 43.9 Å². The van der Waals surface area contributed by atoms with Crippen LogP contribution in [-0.2, 0) is 11.3 Å². The van der Waals surface area contributed by atoms with Crippen molar-refractivity contribution in [3.05, 3.63) is 64.7 Å². The number of halogens is 1. The van der Waals surface area contributed by atoms with Crippen LogP contribution in [0.3, 0.4) is 0 Å². The Labute approximate surface area is 171 Å². The van der Waals surface area contributed by atoms with Crippen LogP contribution in [-0.4, -0.2) is 50.3 Å². The third kappa shape index (κ3) is 6.23. The zero-order valence-corrected chi connectivity index (χ0v) is 17.0. The topological polar surface area (TPSA) is 50.8 Å². The lowest BCUT2D eigenvalue weighted by atomic mass is 10.1. The molecule has 0 aliphatic carbocycles. The maximum Gasteiger partial charge on any atom is 0.251 e. The summed E-state index contributed by atoms with van der Waals surface area (Å²) in [6, 6.07) is 15.3. The van der Waals surface area contributed by atoms with Gasteiger partial charge < -0.3 is 14.8 Å². The number of benzene rings is 2. The molecule has 0 radical (unpaired) electrons. The van der Waals surface area contributed by atoms with Gasteiger partial charge >= 0.3 is 0 Å². The summed E-state index contributed by atoms with van der Waals surface area (Å²) < 4.78 is 11.3.